The van der Waals surface area contributed by atoms with Crippen molar-refractivity contribution < 1.29 is 4.79 Å². The Kier molecular flexibility index (Phi) is 4.75. The van der Waals surface area contributed by atoms with Crippen LogP contribution in [-0.2, 0) is 6.42 Å². The van der Waals surface area contributed by atoms with E-state index in [2.05, 4.69) is 17.3 Å². The van der Waals surface area contributed by atoms with Crippen molar-refractivity contribution in [3.8, 4) is 5.69 Å². The lowest BCUT2D eigenvalue weighted by molar-refractivity contribution is 0.101. The van der Waals surface area contributed by atoms with Crippen LogP contribution in [0.4, 0.5) is 5.69 Å². The lowest BCUT2D eigenvalue weighted by Crippen LogP contribution is -2.26. The zero-order valence-electron chi connectivity index (χ0n) is 14.2. The fraction of sp³-hybridized carbons (Fsp3) is 0.150. The molecule has 126 valence electrons. The van der Waals surface area contributed by atoms with Crippen LogP contribution in [0.3, 0.4) is 0 Å². The molecule has 1 amide bonds. The smallest absolute Gasteiger partial charge is 0.280 e. The second-order valence-electron chi connectivity index (χ2n) is 5.75. The van der Waals surface area contributed by atoms with E-state index in [1.54, 1.807) is 11.6 Å². The highest BCUT2D eigenvalue weighted by molar-refractivity contribution is 6.02. The lowest BCUT2D eigenvalue weighted by atomic mass is 10.1. The number of anilines is 1. The van der Waals surface area contributed by atoms with Gasteiger partial charge in [0.15, 0.2) is 5.69 Å². The minimum absolute atomic E-state index is 0.131. The van der Waals surface area contributed by atoms with E-state index < -0.39 is 11.3 Å². The van der Waals surface area contributed by atoms with Crippen LogP contribution in [0.15, 0.2) is 65.5 Å². The number of hydrogen-bond acceptors (Lipinski definition) is 3. The van der Waals surface area contributed by atoms with Gasteiger partial charge in [-0.1, -0.05) is 37.3 Å². The third-order valence-electron chi connectivity index (χ3n) is 3.94. The van der Waals surface area contributed by atoms with Crippen molar-refractivity contribution in [3.63, 3.8) is 0 Å². The van der Waals surface area contributed by atoms with Gasteiger partial charge in [-0.3, -0.25) is 9.59 Å². The van der Waals surface area contributed by atoms with Crippen LogP contribution in [0.5, 0.6) is 0 Å². The molecule has 0 fully saturated rings. The number of carbonyl (C=O) groups excluding carboxylic acids is 1. The summed E-state index contributed by atoms with van der Waals surface area (Å²) in [5, 5.41) is 7.00. The molecule has 1 N–H and O–H groups in total. The van der Waals surface area contributed by atoms with Gasteiger partial charge in [0.25, 0.3) is 5.91 Å². The van der Waals surface area contributed by atoms with Crippen LogP contribution in [-0.4, -0.2) is 15.7 Å². The second-order valence-corrected chi connectivity index (χ2v) is 5.75. The van der Waals surface area contributed by atoms with Gasteiger partial charge in [-0.05, 0) is 43.2 Å². The Hall–Kier alpha value is -3.21. The van der Waals surface area contributed by atoms with E-state index in [-0.39, 0.29) is 5.69 Å². The Labute approximate surface area is 145 Å². The van der Waals surface area contributed by atoms with Gasteiger partial charge in [0.1, 0.15) is 0 Å². The molecule has 0 bridgehead atoms. The summed E-state index contributed by atoms with van der Waals surface area (Å²) < 4.78 is 1.59. The van der Waals surface area contributed by atoms with Crippen molar-refractivity contribution in [2.24, 2.45) is 0 Å². The van der Waals surface area contributed by atoms with Gasteiger partial charge >= 0.3 is 0 Å². The van der Waals surface area contributed by atoms with Gasteiger partial charge in [0.2, 0.25) is 5.43 Å². The number of benzene rings is 2. The van der Waals surface area contributed by atoms with Crippen molar-refractivity contribution >= 4 is 11.6 Å². The highest BCUT2D eigenvalue weighted by atomic mass is 16.2. The number of aromatic nitrogens is 2. The summed E-state index contributed by atoms with van der Waals surface area (Å²) >= 11 is 0. The summed E-state index contributed by atoms with van der Waals surface area (Å²) in [6, 6.07) is 18.4. The first-order chi connectivity index (χ1) is 12.1. The third kappa shape index (κ3) is 3.66. The van der Waals surface area contributed by atoms with Crippen molar-refractivity contribution in [1.29, 1.82) is 0 Å². The fourth-order valence-electron chi connectivity index (χ4n) is 2.55. The normalized spacial score (nSPS) is 10.5. The van der Waals surface area contributed by atoms with E-state index in [0.717, 1.165) is 12.1 Å². The Morgan fingerprint density at radius 2 is 1.76 bits per heavy atom. The first-order valence-electron chi connectivity index (χ1n) is 8.15. The van der Waals surface area contributed by atoms with Crippen molar-refractivity contribution in [3.05, 3.63) is 87.8 Å². The van der Waals surface area contributed by atoms with Crippen LogP contribution in [0.2, 0.25) is 0 Å². The van der Waals surface area contributed by atoms with Crippen LogP contribution in [0.25, 0.3) is 5.69 Å². The van der Waals surface area contributed by atoms with Crippen LogP contribution in [0, 0.1) is 6.92 Å². The van der Waals surface area contributed by atoms with Gasteiger partial charge in [-0.25, -0.2) is 4.68 Å². The molecule has 0 saturated carbocycles. The van der Waals surface area contributed by atoms with Crippen molar-refractivity contribution in [1.82, 2.24) is 9.78 Å². The zero-order chi connectivity index (χ0) is 17.8. The quantitative estimate of drug-likeness (QED) is 0.796. The average Bonchev–Trinajstić information content (AvgIpc) is 2.63. The third-order valence-corrected chi connectivity index (χ3v) is 3.94. The fourth-order valence-corrected chi connectivity index (χ4v) is 2.55. The largest absolute Gasteiger partial charge is 0.320 e. The minimum atomic E-state index is -0.515. The van der Waals surface area contributed by atoms with Gasteiger partial charge in [-0.15, -0.1) is 0 Å². The SMILES string of the molecule is CCc1ccc(NC(=O)c2nn(-c3ccccc3)c(C)cc2=O)cc1. The van der Waals surface area contributed by atoms with Crippen molar-refractivity contribution in [2.45, 2.75) is 20.3 Å². The maximum Gasteiger partial charge on any atom is 0.280 e. The Bertz CT molecular complexity index is 945. The molecular formula is C20H19N3O2. The highest BCUT2D eigenvalue weighted by Gasteiger charge is 2.15. The maximum absolute atomic E-state index is 12.5. The molecule has 0 unspecified atom stereocenters. The summed E-state index contributed by atoms with van der Waals surface area (Å²) in [7, 11) is 0. The summed E-state index contributed by atoms with van der Waals surface area (Å²) in [5.41, 5.74) is 2.75. The minimum Gasteiger partial charge on any atom is -0.320 e. The van der Waals surface area contributed by atoms with E-state index in [9.17, 15) is 9.59 Å². The van der Waals surface area contributed by atoms with E-state index in [0.29, 0.717) is 11.4 Å². The van der Waals surface area contributed by atoms with E-state index >= 15 is 0 Å². The molecule has 1 aromatic heterocycles. The first-order valence-corrected chi connectivity index (χ1v) is 8.15. The van der Waals surface area contributed by atoms with Crippen LogP contribution < -0.4 is 10.7 Å². The number of nitrogens with one attached hydrogen (secondary N) is 1. The summed E-state index contributed by atoms with van der Waals surface area (Å²) in [4.78, 5) is 24.7. The molecule has 0 aliphatic heterocycles. The second kappa shape index (κ2) is 7.13. The van der Waals surface area contributed by atoms with Crippen LogP contribution in [0.1, 0.15) is 28.7 Å². The van der Waals surface area contributed by atoms with Crippen LogP contribution >= 0.6 is 0 Å². The molecule has 3 rings (SSSR count). The average molecular weight is 333 g/mol. The molecule has 5 heteroatoms. The lowest BCUT2D eigenvalue weighted by Gasteiger charge is -2.11. The zero-order valence-corrected chi connectivity index (χ0v) is 14.2. The molecule has 25 heavy (non-hydrogen) atoms. The predicted octanol–water partition coefficient (Wildman–Crippen LogP) is 3.36. The number of amides is 1. The molecule has 0 aliphatic rings. The molecule has 0 aliphatic carbocycles. The number of para-hydroxylation sites is 1. The Morgan fingerprint density at radius 1 is 1.08 bits per heavy atom. The molecule has 5 nitrogen and oxygen atoms in total. The van der Waals surface area contributed by atoms with Gasteiger partial charge in [0.05, 0.1) is 5.69 Å². The standard InChI is InChI=1S/C20H19N3O2/c1-3-15-9-11-16(12-10-15)21-20(25)19-18(24)13-14(2)23(22-19)17-7-5-4-6-8-17/h4-13H,3H2,1-2H3,(H,21,25). The van der Waals surface area contributed by atoms with E-state index in [1.807, 2.05) is 54.6 Å². The Morgan fingerprint density at radius 3 is 2.40 bits per heavy atom. The van der Waals surface area contributed by atoms with Crippen molar-refractivity contribution in [2.75, 3.05) is 5.32 Å². The maximum atomic E-state index is 12.5. The van der Waals surface area contributed by atoms with Gasteiger partial charge in [-0.2, -0.15) is 5.10 Å². The Balaban J connectivity index is 1.93. The summed E-state index contributed by atoms with van der Waals surface area (Å²) in [6.07, 6.45) is 0.926. The molecule has 2 aromatic carbocycles. The molecule has 0 saturated heterocycles. The van der Waals surface area contributed by atoms with E-state index in [4.69, 9.17) is 0 Å². The molecule has 0 radical (unpaired) electrons. The molecule has 0 spiro atoms. The number of carbonyl (C=O) groups is 1. The van der Waals surface area contributed by atoms with Gasteiger partial charge in [0, 0.05) is 17.4 Å². The number of rotatable bonds is 4. The molecule has 1 heterocycles. The number of aryl methyl sites for hydroxylation is 2. The topological polar surface area (TPSA) is 64.0 Å². The molecular weight excluding hydrogens is 314 g/mol. The van der Waals surface area contributed by atoms with E-state index in [1.165, 1.54) is 11.6 Å². The summed E-state index contributed by atoms with van der Waals surface area (Å²) in [6.45, 7) is 3.85. The summed E-state index contributed by atoms with van der Waals surface area (Å²) in [5.74, 6) is -0.515. The highest BCUT2D eigenvalue weighted by Crippen LogP contribution is 2.12. The molecule has 3 aromatic rings. The predicted molar refractivity (Wildman–Crippen MR) is 98.3 cm³/mol. The number of hydrogen-bond donors (Lipinski definition) is 1. The number of nitrogens with zero attached hydrogens (tertiary/aromatic N) is 2. The molecule has 0 atom stereocenters. The van der Waals surface area contributed by atoms with Gasteiger partial charge < -0.3 is 5.32 Å². The monoisotopic (exact) mass is 333 g/mol. The first kappa shape index (κ1) is 16.6.